The van der Waals surface area contributed by atoms with E-state index in [0.717, 1.165) is 53.3 Å². The number of hydrogen-bond donors (Lipinski definition) is 0. The summed E-state index contributed by atoms with van der Waals surface area (Å²) in [4.78, 5) is 7.21. The summed E-state index contributed by atoms with van der Waals surface area (Å²) in [5, 5.41) is 0.929. The molecule has 1 aliphatic carbocycles. The smallest absolute Gasteiger partial charge is 0.173 e. The number of allylic oxidation sites excluding steroid dienone is 1. The van der Waals surface area contributed by atoms with E-state index < -0.39 is 0 Å². The van der Waals surface area contributed by atoms with Crippen LogP contribution >= 0.6 is 11.8 Å². The zero-order chi connectivity index (χ0) is 20.1. The Balaban J connectivity index is 1.40. The minimum absolute atomic E-state index is 0.0801. The Bertz CT molecular complexity index is 841. The summed E-state index contributed by atoms with van der Waals surface area (Å²) in [5.41, 5.74) is 2.92. The number of ether oxygens (including phenoxy) is 1. The summed E-state index contributed by atoms with van der Waals surface area (Å²) in [6.07, 6.45) is 7.82. The van der Waals surface area contributed by atoms with Gasteiger partial charge in [0.2, 0.25) is 0 Å². The van der Waals surface area contributed by atoms with Crippen LogP contribution in [0.15, 0.2) is 35.2 Å². The molecule has 0 amide bonds. The number of benzene rings is 1. The van der Waals surface area contributed by atoms with Crippen LogP contribution in [-0.2, 0) is 6.42 Å². The SMILES string of the molecule is CCSc1nc2c(n1-c1ccc(OCCCN3CCCCC3)cc1)CCC(F)=C2. The van der Waals surface area contributed by atoms with E-state index in [0.29, 0.717) is 12.8 Å². The maximum absolute atomic E-state index is 13.7. The minimum Gasteiger partial charge on any atom is -0.494 e. The second kappa shape index (κ2) is 9.81. The van der Waals surface area contributed by atoms with Gasteiger partial charge in [-0.2, -0.15) is 0 Å². The van der Waals surface area contributed by atoms with E-state index in [1.165, 1.54) is 32.4 Å². The van der Waals surface area contributed by atoms with Crippen molar-refractivity contribution in [3.8, 4) is 11.4 Å². The summed E-state index contributed by atoms with van der Waals surface area (Å²) in [6.45, 7) is 6.46. The number of nitrogens with zero attached hydrogens (tertiary/aromatic N) is 3. The molecule has 2 aromatic rings. The van der Waals surface area contributed by atoms with Crippen molar-refractivity contribution in [2.45, 2.75) is 50.6 Å². The molecule has 6 heteroatoms. The molecule has 1 aliphatic heterocycles. The molecule has 0 radical (unpaired) electrons. The molecule has 1 aromatic heterocycles. The highest BCUT2D eigenvalue weighted by molar-refractivity contribution is 7.99. The maximum atomic E-state index is 13.7. The summed E-state index contributed by atoms with van der Waals surface area (Å²) in [6, 6.07) is 8.22. The lowest BCUT2D eigenvalue weighted by Gasteiger charge is -2.26. The summed E-state index contributed by atoms with van der Waals surface area (Å²) in [5.74, 6) is 1.75. The molecule has 156 valence electrons. The monoisotopic (exact) mass is 415 g/mol. The van der Waals surface area contributed by atoms with E-state index >= 15 is 0 Å². The van der Waals surface area contributed by atoms with Crippen molar-refractivity contribution < 1.29 is 9.13 Å². The third-order valence-electron chi connectivity index (χ3n) is 5.57. The molecule has 4 rings (SSSR count). The fourth-order valence-corrected chi connectivity index (χ4v) is 4.87. The van der Waals surface area contributed by atoms with Gasteiger partial charge >= 0.3 is 0 Å². The van der Waals surface area contributed by atoms with Gasteiger partial charge in [0, 0.05) is 18.7 Å². The van der Waals surface area contributed by atoms with Crippen LogP contribution in [0.1, 0.15) is 50.4 Å². The van der Waals surface area contributed by atoms with E-state index in [1.54, 1.807) is 17.8 Å². The third-order valence-corrected chi connectivity index (χ3v) is 6.39. The fourth-order valence-electron chi connectivity index (χ4n) is 4.11. The van der Waals surface area contributed by atoms with E-state index in [2.05, 4.69) is 33.5 Å². The Morgan fingerprint density at radius 2 is 1.90 bits per heavy atom. The number of aromatic nitrogens is 2. The number of imidazole rings is 1. The molecular formula is C23H30FN3OS. The van der Waals surface area contributed by atoms with Crippen molar-refractivity contribution in [3.63, 3.8) is 0 Å². The molecule has 2 aliphatic rings. The third kappa shape index (κ3) is 5.04. The Morgan fingerprint density at radius 1 is 1.10 bits per heavy atom. The fraction of sp³-hybridized carbons (Fsp3) is 0.522. The Morgan fingerprint density at radius 3 is 2.66 bits per heavy atom. The average molecular weight is 416 g/mol. The highest BCUT2D eigenvalue weighted by Gasteiger charge is 2.21. The van der Waals surface area contributed by atoms with E-state index in [-0.39, 0.29) is 5.83 Å². The molecule has 1 fully saturated rings. The Kier molecular flexibility index (Phi) is 6.93. The number of rotatable bonds is 8. The van der Waals surface area contributed by atoms with Gasteiger partial charge in [-0.25, -0.2) is 9.37 Å². The van der Waals surface area contributed by atoms with E-state index in [1.807, 2.05) is 12.1 Å². The molecule has 0 atom stereocenters. The van der Waals surface area contributed by atoms with Gasteiger partial charge in [-0.1, -0.05) is 25.1 Å². The molecule has 4 nitrogen and oxygen atoms in total. The lowest BCUT2D eigenvalue weighted by Crippen LogP contribution is -2.31. The number of hydrogen-bond acceptors (Lipinski definition) is 4. The van der Waals surface area contributed by atoms with E-state index in [4.69, 9.17) is 4.74 Å². The molecule has 1 saturated heterocycles. The van der Waals surface area contributed by atoms with Crippen LogP contribution in [-0.4, -0.2) is 46.4 Å². The van der Waals surface area contributed by atoms with Crippen LogP contribution in [0.5, 0.6) is 5.75 Å². The van der Waals surface area contributed by atoms with Gasteiger partial charge in [0.1, 0.15) is 11.6 Å². The van der Waals surface area contributed by atoms with Crippen LogP contribution in [0, 0.1) is 0 Å². The van der Waals surface area contributed by atoms with Gasteiger partial charge in [0.05, 0.1) is 18.0 Å². The van der Waals surface area contributed by atoms with Crippen molar-refractivity contribution in [1.82, 2.24) is 14.5 Å². The first-order valence-corrected chi connectivity index (χ1v) is 11.8. The predicted octanol–water partition coefficient (Wildman–Crippen LogP) is 5.50. The second-order valence-electron chi connectivity index (χ2n) is 7.68. The van der Waals surface area contributed by atoms with Gasteiger partial charge in [-0.05, 0) is 74.9 Å². The van der Waals surface area contributed by atoms with Crippen LogP contribution in [0.2, 0.25) is 0 Å². The summed E-state index contributed by atoms with van der Waals surface area (Å²) in [7, 11) is 0. The standard InChI is InChI=1S/C23H30FN3OS/c1-2-29-23-25-21-17-18(24)7-12-22(21)27(23)19-8-10-20(11-9-19)28-16-6-15-26-13-4-3-5-14-26/h8-11,17H,2-7,12-16H2,1H3. The molecule has 0 saturated carbocycles. The van der Waals surface area contributed by atoms with Gasteiger partial charge in [0.15, 0.2) is 5.16 Å². The van der Waals surface area contributed by atoms with Gasteiger partial charge in [0.25, 0.3) is 0 Å². The van der Waals surface area contributed by atoms with Crippen molar-refractivity contribution in [1.29, 1.82) is 0 Å². The first-order chi connectivity index (χ1) is 14.2. The van der Waals surface area contributed by atoms with Crippen LogP contribution < -0.4 is 4.74 Å². The highest BCUT2D eigenvalue weighted by Crippen LogP contribution is 2.32. The van der Waals surface area contributed by atoms with Crippen molar-refractivity contribution >= 4 is 17.8 Å². The van der Waals surface area contributed by atoms with Gasteiger partial charge in [-0.3, -0.25) is 4.57 Å². The molecular weight excluding hydrogens is 385 g/mol. The zero-order valence-corrected chi connectivity index (χ0v) is 18.0. The number of halogens is 1. The predicted molar refractivity (Wildman–Crippen MR) is 118 cm³/mol. The lowest BCUT2D eigenvalue weighted by atomic mass is 10.1. The quantitative estimate of drug-likeness (QED) is 0.421. The highest BCUT2D eigenvalue weighted by atomic mass is 32.2. The Labute approximate surface area is 177 Å². The normalized spacial score (nSPS) is 17.1. The minimum atomic E-state index is -0.0801. The Hall–Kier alpha value is -1.79. The van der Waals surface area contributed by atoms with Crippen molar-refractivity contribution in [2.24, 2.45) is 0 Å². The number of piperidine rings is 1. The molecule has 1 aromatic carbocycles. The van der Waals surface area contributed by atoms with Crippen LogP contribution in [0.25, 0.3) is 11.8 Å². The molecule has 2 heterocycles. The molecule has 0 unspecified atom stereocenters. The zero-order valence-electron chi connectivity index (χ0n) is 17.2. The van der Waals surface area contributed by atoms with Gasteiger partial charge < -0.3 is 9.64 Å². The summed E-state index contributed by atoms with van der Waals surface area (Å²) < 4.78 is 21.8. The number of thioether (sulfide) groups is 1. The number of fused-ring (bicyclic) bond motifs is 1. The van der Waals surface area contributed by atoms with Crippen LogP contribution in [0.3, 0.4) is 0 Å². The first kappa shape index (κ1) is 20.5. The largest absolute Gasteiger partial charge is 0.494 e. The lowest BCUT2D eigenvalue weighted by molar-refractivity contribution is 0.205. The maximum Gasteiger partial charge on any atom is 0.173 e. The van der Waals surface area contributed by atoms with Crippen molar-refractivity contribution in [3.05, 3.63) is 41.5 Å². The van der Waals surface area contributed by atoms with Gasteiger partial charge in [-0.15, -0.1) is 0 Å². The first-order valence-electron chi connectivity index (χ1n) is 10.8. The molecule has 0 bridgehead atoms. The summed E-state index contributed by atoms with van der Waals surface area (Å²) >= 11 is 1.69. The topological polar surface area (TPSA) is 30.3 Å². The van der Waals surface area contributed by atoms with E-state index in [9.17, 15) is 4.39 Å². The van der Waals surface area contributed by atoms with Crippen LogP contribution in [0.4, 0.5) is 4.39 Å². The second-order valence-corrected chi connectivity index (χ2v) is 8.92. The average Bonchev–Trinajstić information content (AvgIpc) is 3.09. The molecule has 0 N–H and O–H groups in total. The molecule has 0 spiro atoms. The van der Waals surface area contributed by atoms with Crippen molar-refractivity contribution in [2.75, 3.05) is 32.0 Å². The molecule has 29 heavy (non-hydrogen) atoms. The number of likely N-dealkylation sites (tertiary alicyclic amines) is 1.